The van der Waals surface area contributed by atoms with Gasteiger partial charge in [0.2, 0.25) is 5.91 Å². The lowest BCUT2D eigenvalue weighted by Crippen LogP contribution is -2.15. The second-order valence-electron chi connectivity index (χ2n) is 4.32. The van der Waals surface area contributed by atoms with E-state index in [0.717, 1.165) is 17.7 Å². The van der Waals surface area contributed by atoms with Gasteiger partial charge < -0.3 is 10.4 Å². The van der Waals surface area contributed by atoms with Gasteiger partial charge in [-0.25, -0.2) is 8.78 Å². The van der Waals surface area contributed by atoms with Crippen LogP contribution in [0.3, 0.4) is 0 Å². The Labute approximate surface area is 114 Å². The van der Waals surface area contributed by atoms with Crippen LogP contribution in [0.2, 0.25) is 0 Å². The summed E-state index contributed by atoms with van der Waals surface area (Å²) < 4.78 is 26.1. The maximum Gasteiger partial charge on any atom is 0.228 e. The molecule has 1 amide bonds. The van der Waals surface area contributed by atoms with Crippen LogP contribution in [0.25, 0.3) is 0 Å². The van der Waals surface area contributed by atoms with Crippen LogP contribution in [-0.4, -0.2) is 11.0 Å². The topological polar surface area (TPSA) is 49.3 Å². The standard InChI is InChI=1S/C15H13F2NO2/c16-12-4-3-11(14(17)8-12)7-15(20)18-13-5-1-10(9-19)2-6-13/h1-6,8,19H,7,9H2,(H,18,20). The van der Waals surface area contributed by atoms with E-state index in [1.165, 1.54) is 6.07 Å². The highest BCUT2D eigenvalue weighted by Crippen LogP contribution is 2.13. The lowest BCUT2D eigenvalue weighted by atomic mass is 10.1. The highest BCUT2D eigenvalue weighted by Gasteiger charge is 2.09. The zero-order valence-electron chi connectivity index (χ0n) is 10.6. The Balaban J connectivity index is 2.01. The predicted molar refractivity (Wildman–Crippen MR) is 71.1 cm³/mol. The molecule has 0 radical (unpaired) electrons. The fourth-order valence-corrected chi connectivity index (χ4v) is 1.74. The number of aliphatic hydroxyl groups is 1. The highest BCUT2D eigenvalue weighted by atomic mass is 19.1. The van der Waals surface area contributed by atoms with Gasteiger partial charge in [-0.1, -0.05) is 18.2 Å². The average molecular weight is 277 g/mol. The number of hydrogen-bond donors (Lipinski definition) is 2. The molecule has 0 aliphatic heterocycles. The molecule has 0 saturated carbocycles. The second kappa shape index (κ2) is 6.25. The van der Waals surface area contributed by atoms with Crippen molar-refractivity contribution in [3.63, 3.8) is 0 Å². The van der Waals surface area contributed by atoms with Crippen LogP contribution < -0.4 is 5.32 Å². The van der Waals surface area contributed by atoms with E-state index in [9.17, 15) is 13.6 Å². The van der Waals surface area contributed by atoms with Gasteiger partial charge in [0.25, 0.3) is 0 Å². The van der Waals surface area contributed by atoms with Crippen molar-refractivity contribution < 1.29 is 18.7 Å². The lowest BCUT2D eigenvalue weighted by Gasteiger charge is -2.07. The van der Waals surface area contributed by atoms with E-state index in [-0.39, 0.29) is 18.6 Å². The smallest absolute Gasteiger partial charge is 0.228 e. The number of carbonyl (C=O) groups excluding carboxylic acids is 1. The molecule has 20 heavy (non-hydrogen) atoms. The van der Waals surface area contributed by atoms with Crippen molar-refractivity contribution in [1.29, 1.82) is 0 Å². The molecule has 0 atom stereocenters. The summed E-state index contributed by atoms with van der Waals surface area (Å²) in [5.74, 6) is -1.81. The van der Waals surface area contributed by atoms with E-state index in [4.69, 9.17) is 5.11 Å². The monoisotopic (exact) mass is 277 g/mol. The minimum atomic E-state index is -0.740. The summed E-state index contributed by atoms with van der Waals surface area (Å²) in [5, 5.41) is 11.5. The molecular formula is C15H13F2NO2. The Bertz CT molecular complexity index is 612. The zero-order chi connectivity index (χ0) is 14.5. The first-order valence-electron chi connectivity index (χ1n) is 6.02. The van der Waals surface area contributed by atoms with E-state index in [0.29, 0.717) is 5.69 Å². The Hall–Kier alpha value is -2.27. The van der Waals surface area contributed by atoms with Crippen molar-refractivity contribution in [3.05, 3.63) is 65.2 Å². The van der Waals surface area contributed by atoms with Crippen LogP contribution in [0.15, 0.2) is 42.5 Å². The quantitative estimate of drug-likeness (QED) is 0.902. The number of hydrogen-bond acceptors (Lipinski definition) is 2. The highest BCUT2D eigenvalue weighted by molar-refractivity contribution is 5.92. The first kappa shape index (κ1) is 14.1. The molecule has 0 saturated heterocycles. The lowest BCUT2D eigenvalue weighted by molar-refractivity contribution is -0.115. The van der Waals surface area contributed by atoms with Crippen LogP contribution >= 0.6 is 0 Å². The number of anilines is 1. The summed E-state index contributed by atoms with van der Waals surface area (Å²) in [6, 6.07) is 9.75. The first-order valence-corrected chi connectivity index (χ1v) is 6.02. The molecule has 0 aliphatic rings. The minimum Gasteiger partial charge on any atom is -0.392 e. The zero-order valence-corrected chi connectivity index (χ0v) is 10.6. The SMILES string of the molecule is O=C(Cc1ccc(F)cc1F)Nc1ccc(CO)cc1. The molecule has 0 fully saturated rings. The summed E-state index contributed by atoms with van der Waals surface area (Å²) in [4.78, 5) is 11.8. The molecule has 2 N–H and O–H groups in total. The summed E-state index contributed by atoms with van der Waals surface area (Å²) >= 11 is 0. The van der Waals surface area contributed by atoms with E-state index < -0.39 is 17.5 Å². The van der Waals surface area contributed by atoms with Gasteiger partial charge in [0.1, 0.15) is 11.6 Å². The Morgan fingerprint density at radius 3 is 2.40 bits per heavy atom. The van der Waals surface area contributed by atoms with Gasteiger partial charge in [-0.15, -0.1) is 0 Å². The Kier molecular flexibility index (Phi) is 4.42. The third-order valence-electron chi connectivity index (χ3n) is 2.79. The van der Waals surface area contributed by atoms with E-state index >= 15 is 0 Å². The Morgan fingerprint density at radius 2 is 1.80 bits per heavy atom. The molecule has 2 rings (SSSR count). The number of rotatable bonds is 4. The summed E-state index contributed by atoms with van der Waals surface area (Å²) in [7, 11) is 0. The molecule has 0 aromatic heterocycles. The fourth-order valence-electron chi connectivity index (χ4n) is 1.74. The molecular weight excluding hydrogens is 264 g/mol. The van der Waals surface area contributed by atoms with Crippen LogP contribution in [0.1, 0.15) is 11.1 Å². The summed E-state index contributed by atoms with van der Waals surface area (Å²) in [5.41, 5.74) is 1.41. The van der Waals surface area contributed by atoms with Gasteiger partial charge in [0, 0.05) is 11.8 Å². The van der Waals surface area contributed by atoms with Crippen molar-refractivity contribution >= 4 is 11.6 Å². The van der Waals surface area contributed by atoms with Crippen LogP contribution in [0.4, 0.5) is 14.5 Å². The summed E-state index contributed by atoms with van der Waals surface area (Å²) in [6.07, 6.45) is -0.173. The average Bonchev–Trinajstić information content (AvgIpc) is 2.43. The molecule has 0 spiro atoms. The molecule has 104 valence electrons. The third-order valence-corrected chi connectivity index (χ3v) is 2.79. The number of aliphatic hydroxyl groups excluding tert-OH is 1. The third kappa shape index (κ3) is 3.61. The van der Waals surface area contributed by atoms with Crippen molar-refractivity contribution in [2.45, 2.75) is 13.0 Å². The van der Waals surface area contributed by atoms with Crippen LogP contribution in [0, 0.1) is 11.6 Å². The van der Waals surface area contributed by atoms with Crippen molar-refractivity contribution in [2.24, 2.45) is 0 Å². The number of amides is 1. The predicted octanol–water partition coefficient (Wildman–Crippen LogP) is 2.64. The molecule has 3 nitrogen and oxygen atoms in total. The van der Waals surface area contributed by atoms with Crippen molar-refractivity contribution in [1.82, 2.24) is 0 Å². The number of carbonyl (C=O) groups is 1. The Morgan fingerprint density at radius 1 is 1.10 bits per heavy atom. The van der Waals surface area contributed by atoms with Gasteiger partial charge in [-0.05, 0) is 29.3 Å². The molecule has 0 unspecified atom stereocenters. The van der Waals surface area contributed by atoms with Crippen molar-refractivity contribution in [3.8, 4) is 0 Å². The van der Waals surface area contributed by atoms with E-state index in [1.807, 2.05) is 0 Å². The number of halogens is 2. The molecule has 0 heterocycles. The van der Waals surface area contributed by atoms with Gasteiger partial charge in [0.05, 0.1) is 13.0 Å². The molecule has 2 aromatic rings. The normalized spacial score (nSPS) is 10.3. The van der Waals surface area contributed by atoms with Gasteiger partial charge in [0.15, 0.2) is 0 Å². The minimum absolute atomic E-state index is 0.0744. The van der Waals surface area contributed by atoms with E-state index in [1.54, 1.807) is 24.3 Å². The van der Waals surface area contributed by atoms with Crippen molar-refractivity contribution in [2.75, 3.05) is 5.32 Å². The maximum atomic E-state index is 13.4. The van der Waals surface area contributed by atoms with Gasteiger partial charge >= 0.3 is 0 Å². The fraction of sp³-hybridized carbons (Fsp3) is 0.133. The number of benzene rings is 2. The van der Waals surface area contributed by atoms with Gasteiger partial charge in [-0.3, -0.25) is 4.79 Å². The van der Waals surface area contributed by atoms with Crippen LogP contribution in [-0.2, 0) is 17.8 Å². The first-order chi connectivity index (χ1) is 9.58. The van der Waals surface area contributed by atoms with E-state index in [2.05, 4.69) is 5.32 Å². The van der Waals surface area contributed by atoms with Gasteiger partial charge in [-0.2, -0.15) is 0 Å². The molecule has 0 aliphatic carbocycles. The molecule has 5 heteroatoms. The largest absolute Gasteiger partial charge is 0.392 e. The summed E-state index contributed by atoms with van der Waals surface area (Å²) in [6.45, 7) is -0.0744. The number of nitrogens with one attached hydrogen (secondary N) is 1. The molecule has 0 bridgehead atoms. The maximum absolute atomic E-state index is 13.4. The molecule has 2 aromatic carbocycles. The second-order valence-corrected chi connectivity index (χ2v) is 4.32. The van der Waals surface area contributed by atoms with Crippen LogP contribution in [0.5, 0.6) is 0 Å².